The molecule has 0 saturated heterocycles. The second kappa shape index (κ2) is 6.03. The van der Waals surface area contributed by atoms with Gasteiger partial charge in [-0.2, -0.15) is 0 Å². The molecule has 0 aromatic carbocycles. The Labute approximate surface area is 104 Å². The number of esters is 2. The lowest BCUT2D eigenvalue weighted by molar-refractivity contribution is -0.183. The fraction of sp³-hybridized carbons (Fsp3) is 0.846. The molecule has 0 aliphatic rings. The van der Waals surface area contributed by atoms with Crippen LogP contribution in [0.4, 0.5) is 0 Å². The standard InChI is InChI=1S/C13H24O4/c1-7-8-9-16-11(15)13(5,6)17-10(14)12(2,3)4/h7-9H2,1-6H3. The zero-order chi connectivity index (χ0) is 13.7. The Kier molecular flexibility index (Phi) is 5.66. The molecule has 0 amide bonds. The summed E-state index contributed by atoms with van der Waals surface area (Å²) in [5.74, 6) is -0.904. The summed E-state index contributed by atoms with van der Waals surface area (Å²) in [4.78, 5) is 23.4. The molecule has 0 rings (SSSR count). The Balaban J connectivity index is 4.36. The fourth-order valence-electron chi connectivity index (χ4n) is 0.910. The Hall–Kier alpha value is -1.06. The molecule has 0 aliphatic heterocycles. The summed E-state index contributed by atoms with van der Waals surface area (Å²) in [6.45, 7) is 10.7. The quantitative estimate of drug-likeness (QED) is 0.551. The lowest BCUT2D eigenvalue weighted by Crippen LogP contribution is -2.41. The van der Waals surface area contributed by atoms with E-state index in [1.54, 1.807) is 34.6 Å². The van der Waals surface area contributed by atoms with Crippen LogP contribution < -0.4 is 0 Å². The van der Waals surface area contributed by atoms with Crippen molar-refractivity contribution in [1.82, 2.24) is 0 Å². The molecule has 0 heterocycles. The maximum atomic E-state index is 11.7. The van der Waals surface area contributed by atoms with E-state index in [0.29, 0.717) is 6.61 Å². The molecule has 0 fully saturated rings. The van der Waals surface area contributed by atoms with E-state index in [-0.39, 0.29) is 0 Å². The van der Waals surface area contributed by atoms with Gasteiger partial charge in [0, 0.05) is 0 Å². The number of carbonyl (C=O) groups excluding carboxylic acids is 2. The molecule has 0 bridgehead atoms. The SMILES string of the molecule is CCCCOC(=O)C(C)(C)OC(=O)C(C)(C)C. The maximum Gasteiger partial charge on any atom is 0.350 e. The van der Waals surface area contributed by atoms with E-state index in [1.165, 1.54) is 0 Å². The Morgan fingerprint density at radius 2 is 1.53 bits per heavy atom. The number of hydrogen-bond donors (Lipinski definition) is 0. The highest BCUT2D eigenvalue weighted by atomic mass is 16.6. The van der Waals surface area contributed by atoms with Gasteiger partial charge in [0.2, 0.25) is 5.60 Å². The van der Waals surface area contributed by atoms with Crippen LogP contribution in [0.2, 0.25) is 0 Å². The molecule has 0 aliphatic carbocycles. The molecule has 0 aromatic rings. The molecule has 0 atom stereocenters. The molecule has 0 spiro atoms. The van der Waals surface area contributed by atoms with Gasteiger partial charge in [-0.1, -0.05) is 13.3 Å². The third kappa shape index (κ3) is 5.71. The number of rotatable bonds is 5. The van der Waals surface area contributed by atoms with Crippen LogP contribution in [0.1, 0.15) is 54.4 Å². The van der Waals surface area contributed by atoms with E-state index in [0.717, 1.165) is 12.8 Å². The van der Waals surface area contributed by atoms with Gasteiger partial charge in [0.1, 0.15) is 0 Å². The molecular weight excluding hydrogens is 220 g/mol. The van der Waals surface area contributed by atoms with E-state index in [1.807, 2.05) is 6.92 Å². The predicted molar refractivity (Wildman–Crippen MR) is 65.5 cm³/mol. The van der Waals surface area contributed by atoms with E-state index in [9.17, 15) is 9.59 Å². The van der Waals surface area contributed by atoms with Crippen molar-refractivity contribution in [3.05, 3.63) is 0 Å². The lowest BCUT2D eigenvalue weighted by Gasteiger charge is -2.27. The molecule has 0 unspecified atom stereocenters. The lowest BCUT2D eigenvalue weighted by atomic mass is 9.97. The first-order valence-electron chi connectivity index (χ1n) is 6.02. The summed E-state index contributed by atoms with van der Waals surface area (Å²) in [5, 5.41) is 0. The highest BCUT2D eigenvalue weighted by Crippen LogP contribution is 2.21. The fourth-order valence-corrected chi connectivity index (χ4v) is 0.910. The normalized spacial score (nSPS) is 12.1. The smallest absolute Gasteiger partial charge is 0.350 e. The minimum absolute atomic E-state index is 0.367. The first-order chi connectivity index (χ1) is 7.61. The van der Waals surface area contributed by atoms with Crippen molar-refractivity contribution in [2.24, 2.45) is 5.41 Å². The van der Waals surface area contributed by atoms with E-state index < -0.39 is 23.0 Å². The average Bonchev–Trinajstić information content (AvgIpc) is 2.15. The van der Waals surface area contributed by atoms with E-state index >= 15 is 0 Å². The van der Waals surface area contributed by atoms with Gasteiger partial charge >= 0.3 is 11.9 Å². The average molecular weight is 244 g/mol. The van der Waals surface area contributed by atoms with Crippen molar-refractivity contribution >= 4 is 11.9 Å². The number of carbonyl (C=O) groups is 2. The van der Waals surface area contributed by atoms with Gasteiger partial charge in [0.15, 0.2) is 0 Å². The second-order valence-corrected chi connectivity index (χ2v) is 5.64. The third-order valence-electron chi connectivity index (χ3n) is 2.18. The van der Waals surface area contributed by atoms with Crippen LogP contribution >= 0.6 is 0 Å². The van der Waals surface area contributed by atoms with Crippen molar-refractivity contribution in [1.29, 1.82) is 0 Å². The van der Waals surface area contributed by atoms with Crippen LogP contribution in [-0.2, 0) is 19.1 Å². The zero-order valence-corrected chi connectivity index (χ0v) is 11.8. The predicted octanol–water partition coefficient (Wildman–Crippen LogP) is 2.70. The van der Waals surface area contributed by atoms with Crippen molar-refractivity contribution < 1.29 is 19.1 Å². The van der Waals surface area contributed by atoms with Crippen LogP contribution in [0.3, 0.4) is 0 Å². The first-order valence-corrected chi connectivity index (χ1v) is 6.02. The Morgan fingerprint density at radius 1 is 1.00 bits per heavy atom. The first kappa shape index (κ1) is 15.9. The highest BCUT2D eigenvalue weighted by Gasteiger charge is 2.37. The molecule has 0 radical (unpaired) electrons. The third-order valence-corrected chi connectivity index (χ3v) is 2.18. The summed E-state index contributed by atoms with van der Waals surface area (Å²) >= 11 is 0. The van der Waals surface area contributed by atoms with Gasteiger partial charge in [-0.05, 0) is 41.0 Å². The van der Waals surface area contributed by atoms with Crippen molar-refractivity contribution in [3.63, 3.8) is 0 Å². The van der Waals surface area contributed by atoms with Crippen LogP contribution in [0.25, 0.3) is 0 Å². The number of ether oxygens (including phenoxy) is 2. The summed E-state index contributed by atoms with van der Waals surface area (Å²) in [5.41, 5.74) is -1.85. The number of hydrogen-bond acceptors (Lipinski definition) is 4. The van der Waals surface area contributed by atoms with Crippen molar-refractivity contribution in [3.8, 4) is 0 Å². The van der Waals surface area contributed by atoms with Gasteiger partial charge in [0.25, 0.3) is 0 Å². The molecular formula is C13H24O4. The second-order valence-electron chi connectivity index (χ2n) is 5.64. The molecule has 0 N–H and O–H groups in total. The zero-order valence-electron chi connectivity index (χ0n) is 11.8. The van der Waals surface area contributed by atoms with Gasteiger partial charge in [0.05, 0.1) is 12.0 Å². The van der Waals surface area contributed by atoms with E-state index in [2.05, 4.69) is 0 Å². The Bertz CT molecular complexity index is 274. The monoisotopic (exact) mass is 244 g/mol. The number of unbranched alkanes of at least 4 members (excludes halogenated alkanes) is 1. The molecule has 0 saturated carbocycles. The van der Waals surface area contributed by atoms with Gasteiger partial charge in [-0.15, -0.1) is 0 Å². The van der Waals surface area contributed by atoms with Crippen molar-refractivity contribution in [2.75, 3.05) is 6.61 Å². The Morgan fingerprint density at radius 3 is 1.94 bits per heavy atom. The van der Waals surface area contributed by atoms with Crippen LogP contribution in [0.15, 0.2) is 0 Å². The minimum Gasteiger partial charge on any atom is -0.463 e. The highest BCUT2D eigenvalue weighted by molar-refractivity contribution is 5.84. The molecule has 100 valence electrons. The summed E-state index contributed by atoms with van der Waals surface area (Å²) < 4.78 is 10.2. The van der Waals surface area contributed by atoms with Crippen LogP contribution in [0, 0.1) is 5.41 Å². The van der Waals surface area contributed by atoms with E-state index in [4.69, 9.17) is 9.47 Å². The largest absolute Gasteiger partial charge is 0.463 e. The topological polar surface area (TPSA) is 52.6 Å². The molecule has 4 nitrogen and oxygen atoms in total. The van der Waals surface area contributed by atoms with Crippen LogP contribution in [-0.4, -0.2) is 24.1 Å². The summed E-state index contributed by atoms with van der Waals surface area (Å²) in [7, 11) is 0. The summed E-state index contributed by atoms with van der Waals surface area (Å²) in [6.07, 6.45) is 1.77. The minimum atomic E-state index is -1.22. The summed E-state index contributed by atoms with van der Waals surface area (Å²) in [6, 6.07) is 0. The molecule has 17 heavy (non-hydrogen) atoms. The van der Waals surface area contributed by atoms with Gasteiger partial charge in [-0.3, -0.25) is 4.79 Å². The molecule has 0 aromatic heterocycles. The maximum absolute atomic E-state index is 11.7. The van der Waals surface area contributed by atoms with Gasteiger partial charge in [-0.25, -0.2) is 4.79 Å². The van der Waals surface area contributed by atoms with Gasteiger partial charge < -0.3 is 9.47 Å². The van der Waals surface area contributed by atoms with Crippen LogP contribution in [0.5, 0.6) is 0 Å². The van der Waals surface area contributed by atoms with Crippen molar-refractivity contribution in [2.45, 2.75) is 60.0 Å². The molecule has 4 heteroatoms.